The summed E-state index contributed by atoms with van der Waals surface area (Å²) in [6.45, 7) is 0.764. The van der Waals surface area contributed by atoms with Gasteiger partial charge >= 0.3 is 6.18 Å². The van der Waals surface area contributed by atoms with E-state index < -0.39 is 11.9 Å². The van der Waals surface area contributed by atoms with Gasteiger partial charge in [0, 0.05) is 26.2 Å². The van der Waals surface area contributed by atoms with Gasteiger partial charge in [-0.05, 0) is 0 Å². The molecule has 1 aliphatic heterocycles. The number of anilines is 2. The normalized spacial score (nSPS) is 16.2. The van der Waals surface area contributed by atoms with Crippen molar-refractivity contribution in [2.24, 2.45) is 0 Å². The molecule has 0 saturated carbocycles. The molecule has 1 amide bonds. The molecule has 1 aromatic rings. The Morgan fingerprint density at radius 2 is 2.16 bits per heavy atom. The number of piperazine rings is 1. The Morgan fingerprint density at radius 1 is 1.42 bits per heavy atom. The van der Waals surface area contributed by atoms with Gasteiger partial charge < -0.3 is 15.5 Å². The van der Waals surface area contributed by atoms with Crippen molar-refractivity contribution in [2.75, 3.05) is 36.9 Å². The molecule has 0 aliphatic carbocycles. The van der Waals surface area contributed by atoms with Crippen molar-refractivity contribution >= 4 is 17.7 Å². The summed E-state index contributed by atoms with van der Waals surface area (Å²) in [5, 5.41) is 5.07. The third-order valence-corrected chi connectivity index (χ3v) is 2.59. The number of amides is 1. The minimum Gasteiger partial charge on any atom is -0.357 e. The summed E-state index contributed by atoms with van der Waals surface area (Å²) >= 11 is 0. The topological polar surface area (TPSA) is 70.2 Å². The van der Waals surface area contributed by atoms with E-state index in [4.69, 9.17) is 0 Å². The Kier molecular flexibility index (Phi) is 3.45. The molecule has 0 spiro atoms. The maximum Gasteiger partial charge on any atom is 0.433 e. The van der Waals surface area contributed by atoms with Crippen LogP contribution < -0.4 is 15.5 Å². The fraction of sp³-hybridized carbons (Fsp3) is 0.500. The molecule has 0 bridgehead atoms. The molecule has 9 heteroatoms. The lowest BCUT2D eigenvalue weighted by molar-refractivity contribution is -0.141. The highest BCUT2D eigenvalue weighted by Gasteiger charge is 2.34. The van der Waals surface area contributed by atoms with Gasteiger partial charge in [-0.25, -0.2) is 4.98 Å². The lowest BCUT2D eigenvalue weighted by atomic mass is 10.3. The number of hydrogen-bond acceptors (Lipinski definition) is 5. The third-order valence-electron chi connectivity index (χ3n) is 2.59. The van der Waals surface area contributed by atoms with Crippen LogP contribution in [-0.4, -0.2) is 42.6 Å². The van der Waals surface area contributed by atoms with Crippen LogP contribution in [0.4, 0.5) is 24.9 Å². The number of rotatable bonds is 2. The smallest absolute Gasteiger partial charge is 0.357 e. The van der Waals surface area contributed by atoms with E-state index in [0.29, 0.717) is 13.1 Å². The predicted octanol–water partition coefficient (Wildman–Crippen LogP) is 0.473. The Bertz CT molecular complexity index is 491. The van der Waals surface area contributed by atoms with E-state index in [9.17, 15) is 18.0 Å². The van der Waals surface area contributed by atoms with Crippen molar-refractivity contribution in [1.29, 1.82) is 0 Å². The van der Waals surface area contributed by atoms with Crippen molar-refractivity contribution in [2.45, 2.75) is 6.18 Å². The van der Waals surface area contributed by atoms with Gasteiger partial charge in [0.15, 0.2) is 5.69 Å². The zero-order valence-electron chi connectivity index (χ0n) is 10.1. The van der Waals surface area contributed by atoms with E-state index >= 15 is 0 Å². The van der Waals surface area contributed by atoms with E-state index in [-0.39, 0.29) is 24.2 Å². The molecule has 1 aliphatic rings. The number of hydrogen-bond donors (Lipinski definition) is 2. The van der Waals surface area contributed by atoms with Crippen molar-refractivity contribution in [3.63, 3.8) is 0 Å². The molecule has 104 valence electrons. The standard InChI is InChI=1S/C10H12F3N5O/c1-14-9-16-6(10(11,12)13)4-7(17-9)18-3-2-15-8(19)5-18/h4H,2-3,5H2,1H3,(H,15,19)(H,14,16,17). The first-order chi connectivity index (χ1) is 8.90. The SMILES string of the molecule is CNc1nc(N2CCNC(=O)C2)cc(C(F)(F)F)n1. The Balaban J connectivity index is 2.36. The van der Waals surface area contributed by atoms with Gasteiger partial charge in [-0.2, -0.15) is 18.2 Å². The predicted molar refractivity (Wildman–Crippen MR) is 61.8 cm³/mol. The van der Waals surface area contributed by atoms with E-state index in [1.807, 2.05) is 0 Å². The summed E-state index contributed by atoms with van der Waals surface area (Å²) in [6, 6.07) is 0.847. The molecule has 0 unspecified atom stereocenters. The van der Waals surface area contributed by atoms with Crippen LogP contribution in [0.2, 0.25) is 0 Å². The van der Waals surface area contributed by atoms with E-state index in [1.165, 1.54) is 11.9 Å². The van der Waals surface area contributed by atoms with Crippen LogP contribution in [0.25, 0.3) is 0 Å². The first kappa shape index (κ1) is 13.4. The number of carbonyl (C=O) groups excluding carboxylic acids is 1. The Hall–Kier alpha value is -2.06. The summed E-state index contributed by atoms with van der Waals surface area (Å²) in [5.41, 5.74) is -1.03. The highest BCUT2D eigenvalue weighted by molar-refractivity contribution is 5.82. The molecule has 2 heterocycles. The number of nitrogens with one attached hydrogen (secondary N) is 2. The van der Waals surface area contributed by atoms with Crippen LogP contribution in [-0.2, 0) is 11.0 Å². The first-order valence-corrected chi connectivity index (χ1v) is 5.56. The van der Waals surface area contributed by atoms with Crippen LogP contribution in [0.15, 0.2) is 6.07 Å². The summed E-state index contributed by atoms with van der Waals surface area (Å²) < 4.78 is 38.1. The van der Waals surface area contributed by atoms with Gasteiger partial charge in [-0.1, -0.05) is 0 Å². The molecule has 1 saturated heterocycles. The average molecular weight is 275 g/mol. The number of carbonyl (C=O) groups is 1. The molecule has 0 radical (unpaired) electrons. The van der Waals surface area contributed by atoms with E-state index in [0.717, 1.165) is 6.07 Å². The van der Waals surface area contributed by atoms with Crippen molar-refractivity contribution in [1.82, 2.24) is 15.3 Å². The molecular weight excluding hydrogens is 263 g/mol. The third kappa shape index (κ3) is 3.04. The molecule has 1 aromatic heterocycles. The second kappa shape index (κ2) is 4.90. The quantitative estimate of drug-likeness (QED) is 0.821. The van der Waals surface area contributed by atoms with Crippen LogP contribution in [0.5, 0.6) is 0 Å². The zero-order chi connectivity index (χ0) is 14.0. The number of nitrogens with zero attached hydrogens (tertiary/aromatic N) is 3. The van der Waals surface area contributed by atoms with Gasteiger partial charge in [0.05, 0.1) is 6.54 Å². The molecular formula is C10H12F3N5O. The van der Waals surface area contributed by atoms with Crippen LogP contribution >= 0.6 is 0 Å². The van der Waals surface area contributed by atoms with Gasteiger partial charge in [-0.15, -0.1) is 0 Å². The Labute approximate surface area is 107 Å². The minimum absolute atomic E-state index is 0.0164. The number of alkyl halides is 3. The second-order valence-electron chi connectivity index (χ2n) is 3.95. The van der Waals surface area contributed by atoms with Crippen LogP contribution in [0.3, 0.4) is 0 Å². The lowest BCUT2D eigenvalue weighted by Gasteiger charge is -2.28. The highest BCUT2D eigenvalue weighted by Crippen LogP contribution is 2.30. The maximum atomic E-state index is 12.7. The van der Waals surface area contributed by atoms with Crippen molar-refractivity contribution in [3.8, 4) is 0 Å². The molecule has 6 nitrogen and oxygen atoms in total. The number of aromatic nitrogens is 2. The summed E-state index contributed by atoms with van der Waals surface area (Å²) in [7, 11) is 1.43. The lowest BCUT2D eigenvalue weighted by Crippen LogP contribution is -2.48. The largest absolute Gasteiger partial charge is 0.433 e. The van der Waals surface area contributed by atoms with E-state index in [2.05, 4.69) is 20.6 Å². The van der Waals surface area contributed by atoms with E-state index in [1.54, 1.807) is 0 Å². The second-order valence-corrected chi connectivity index (χ2v) is 3.95. The molecule has 2 rings (SSSR count). The van der Waals surface area contributed by atoms with Gasteiger partial charge in [0.2, 0.25) is 11.9 Å². The Morgan fingerprint density at radius 3 is 2.74 bits per heavy atom. The molecule has 0 atom stereocenters. The monoisotopic (exact) mass is 275 g/mol. The van der Waals surface area contributed by atoms with Gasteiger partial charge in [0.25, 0.3) is 0 Å². The van der Waals surface area contributed by atoms with Crippen molar-refractivity contribution < 1.29 is 18.0 Å². The first-order valence-electron chi connectivity index (χ1n) is 5.56. The summed E-state index contributed by atoms with van der Waals surface area (Å²) in [6.07, 6.45) is -4.55. The average Bonchev–Trinajstić information content (AvgIpc) is 2.37. The van der Waals surface area contributed by atoms with Crippen LogP contribution in [0, 0.1) is 0 Å². The maximum absolute atomic E-state index is 12.7. The fourth-order valence-electron chi connectivity index (χ4n) is 1.69. The summed E-state index contributed by atoms with van der Waals surface area (Å²) in [5.74, 6) is -0.290. The fourth-order valence-corrected chi connectivity index (χ4v) is 1.69. The molecule has 0 aromatic carbocycles. The highest BCUT2D eigenvalue weighted by atomic mass is 19.4. The minimum atomic E-state index is -4.55. The van der Waals surface area contributed by atoms with Crippen molar-refractivity contribution in [3.05, 3.63) is 11.8 Å². The summed E-state index contributed by atoms with van der Waals surface area (Å²) in [4.78, 5) is 20.0. The van der Waals surface area contributed by atoms with Gasteiger partial charge in [0.1, 0.15) is 5.82 Å². The molecule has 2 N–H and O–H groups in total. The number of halogens is 3. The van der Waals surface area contributed by atoms with Crippen LogP contribution in [0.1, 0.15) is 5.69 Å². The van der Waals surface area contributed by atoms with Gasteiger partial charge in [-0.3, -0.25) is 4.79 Å². The molecule has 1 fully saturated rings. The molecule has 19 heavy (non-hydrogen) atoms. The zero-order valence-corrected chi connectivity index (χ0v) is 10.1.